The lowest BCUT2D eigenvalue weighted by Crippen LogP contribution is -2.41. The SMILES string of the molecule is CC1OCCC1(C)Nc1ccc(C(=O)O)c(N)c1. The number of anilines is 2. The van der Waals surface area contributed by atoms with Gasteiger partial charge in [0.25, 0.3) is 0 Å². The molecule has 1 fully saturated rings. The summed E-state index contributed by atoms with van der Waals surface area (Å²) in [6.45, 7) is 4.84. The Hall–Kier alpha value is -1.75. The molecule has 5 heteroatoms. The van der Waals surface area contributed by atoms with Gasteiger partial charge in [-0.25, -0.2) is 4.79 Å². The normalized spacial score (nSPS) is 27.1. The van der Waals surface area contributed by atoms with Crippen molar-refractivity contribution in [3.63, 3.8) is 0 Å². The van der Waals surface area contributed by atoms with E-state index in [0.29, 0.717) is 0 Å². The summed E-state index contributed by atoms with van der Waals surface area (Å²) in [7, 11) is 0. The molecular formula is C13H18N2O3. The Bertz CT molecular complexity index is 475. The zero-order chi connectivity index (χ0) is 13.3. The number of aromatic carboxylic acids is 1. The highest BCUT2D eigenvalue weighted by molar-refractivity contribution is 5.94. The van der Waals surface area contributed by atoms with Crippen molar-refractivity contribution in [3.05, 3.63) is 23.8 Å². The zero-order valence-electron chi connectivity index (χ0n) is 10.6. The van der Waals surface area contributed by atoms with Gasteiger partial charge in [-0.05, 0) is 38.5 Å². The Morgan fingerprint density at radius 3 is 2.83 bits per heavy atom. The Balaban J connectivity index is 2.20. The summed E-state index contributed by atoms with van der Waals surface area (Å²) in [5.41, 5.74) is 6.79. The fourth-order valence-electron chi connectivity index (χ4n) is 2.16. The molecule has 1 aliphatic rings. The third-order valence-corrected chi connectivity index (χ3v) is 3.60. The number of carboxylic acids is 1. The first-order chi connectivity index (χ1) is 8.42. The van der Waals surface area contributed by atoms with Crippen molar-refractivity contribution < 1.29 is 14.6 Å². The van der Waals surface area contributed by atoms with E-state index in [0.717, 1.165) is 18.7 Å². The van der Waals surface area contributed by atoms with Gasteiger partial charge in [0.1, 0.15) is 0 Å². The minimum atomic E-state index is -1.01. The summed E-state index contributed by atoms with van der Waals surface area (Å²) in [6.07, 6.45) is 1.02. The summed E-state index contributed by atoms with van der Waals surface area (Å²) >= 11 is 0. The van der Waals surface area contributed by atoms with Crippen LogP contribution in [0.15, 0.2) is 18.2 Å². The van der Waals surface area contributed by atoms with E-state index in [9.17, 15) is 4.79 Å². The molecule has 0 bridgehead atoms. The molecule has 5 nitrogen and oxygen atoms in total. The minimum absolute atomic E-state index is 0.109. The van der Waals surface area contributed by atoms with Crippen molar-refractivity contribution >= 4 is 17.3 Å². The van der Waals surface area contributed by atoms with Gasteiger partial charge in [0.2, 0.25) is 0 Å². The molecule has 4 N–H and O–H groups in total. The smallest absolute Gasteiger partial charge is 0.337 e. The number of nitrogens with one attached hydrogen (secondary N) is 1. The van der Waals surface area contributed by atoms with Gasteiger partial charge in [0.15, 0.2) is 0 Å². The largest absolute Gasteiger partial charge is 0.478 e. The summed E-state index contributed by atoms with van der Waals surface area (Å²) in [5, 5.41) is 12.3. The number of hydrogen-bond donors (Lipinski definition) is 3. The molecule has 18 heavy (non-hydrogen) atoms. The molecule has 1 aliphatic heterocycles. The molecule has 0 aliphatic carbocycles. The van der Waals surface area contributed by atoms with E-state index >= 15 is 0 Å². The number of nitrogens with two attached hydrogens (primary N) is 1. The molecule has 1 aromatic rings. The predicted molar refractivity (Wildman–Crippen MR) is 69.9 cm³/mol. The molecule has 1 saturated heterocycles. The van der Waals surface area contributed by atoms with Crippen molar-refractivity contribution in [2.75, 3.05) is 17.7 Å². The minimum Gasteiger partial charge on any atom is -0.478 e. The number of nitrogen functional groups attached to an aromatic ring is 1. The van der Waals surface area contributed by atoms with Crippen LogP contribution in [0.4, 0.5) is 11.4 Å². The first-order valence-electron chi connectivity index (χ1n) is 5.95. The van der Waals surface area contributed by atoms with Gasteiger partial charge in [-0.1, -0.05) is 0 Å². The second-order valence-corrected chi connectivity index (χ2v) is 4.91. The average molecular weight is 250 g/mol. The highest BCUT2D eigenvalue weighted by Crippen LogP contribution is 2.30. The fraction of sp³-hybridized carbons (Fsp3) is 0.462. The topological polar surface area (TPSA) is 84.6 Å². The fourth-order valence-corrected chi connectivity index (χ4v) is 2.16. The van der Waals surface area contributed by atoms with Gasteiger partial charge in [0, 0.05) is 18.0 Å². The quantitative estimate of drug-likeness (QED) is 0.714. The zero-order valence-corrected chi connectivity index (χ0v) is 10.6. The number of hydrogen-bond acceptors (Lipinski definition) is 4. The molecule has 2 atom stereocenters. The maximum atomic E-state index is 10.9. The van der Waals surface area contributed by atoms with E-state index in [2.05, 4.69) is 12.2 Å². The van der Waals surface area contributed by atoms with E-state index in [1.807, 2.05) is 6.92 Å². The van der Waals surface area contributed by atoms with Gasteiger partial charge in [-0.2, -0.15) is 0 Å². The maximum Gasteiger partial charge on any atom is 0.337 e. The van der Waals surface area contributed by atoms with Gasteiger partial charge in [0.05, 0.1) is 17.2 Å². The third kappa shape index (κ3) is 2.26. The lowest BCUT2D eigenvalue weighted by molar-refractivity contribution is 0.0698. The standard InChI is InChI=1S/C13H18N2O3/c1-8-13(2,5-6-18-8)15-9-3-4-10(12(16)17)11(14)7-9/h3-4,7-8,15H,5-6,14H2,1-2H3,(H,16,17). The van der Waals surface area contributed by atoms with Gasteiger partial charge < -0.3 is 20.9 Å². The monoisotopic (exact) mass is 250 g/mol. The predicted octanol–water partition coefficient (Wildman–Crippen LogP) is 1.95. The van der Waals surface area contributed by atoms with Crippen LogP contribution < -0.4 is 11.1 Å². The number of carbonyl (C=O) groups is 1. The Kier molecular flexibility index (Phi) is 3.17. The van der Waals surface area contributed by atoms with Crippen LogP contribution in [0.3, 0.4) is 0 Å². The van der Waals surface area contributed by atoms with Gasteiger partial charge in [-0.3, -0.25) is 0 Å². The van der Waals surface area contributed by atoms with Crippen molar-refractivity contribution in [2.24, 2.45) is 0 Å². The molecule has 0 aromatic heterocycles. The number of rotatable bonds is 3. The molecule has 1 heterocycles. The molecule has 0 spiro atoms. The van der Waals surface area contributed by atoms with E-state index in [-0.39, 0.29) is 22.9 Å². The van der Waals surface area contributed by atoms with E-state index in [4.69, 9.17) is 15.6 Å². The molecule has 0 amide bonds. The Morgan fingerprint density at radius 2 is 2.33 bits per heavy atom. The van der Waals surface area contributed by atoms with E-state index < -0.39 is 5.97 Å². The Labute approximate surface area is 106 Å². The van der Waals surface area contributed by atoms with Crippen molar-refractivity contribution in [2.45, 2.75) is 31.9 Å². The van der Waals surface area contributed by atoms with Crippen LogP contribution in [0.1, 0.15) is 30.6 Å². The van der Waals surface area contributed by atoms with Crippen molar-refractivity contribution in [3.8, 4) is 0 Å². The number of carboxylic acid groups (broad SMARTS) is 1. The van der Waals surface area contributed by atoms with Crippen LogP contribution >= 0.6 is 0 Å². The molecule has 1 aromatic carbocycles. The van der Waals surface area contributed by atoms with Crippen LogP contribution in [0.2, 0.25) is 0 Å². The second kappa shape index (κ2) is 4.49. The van der Waals surface area contributed by atoms with Gasteiger partial charge >= 0.3 is 5.97 Å². The van der Waals surface area contributed by atoms with Crippen LogP contribution in [0.5, 0.6) is 0 Å². The van der Waals surface area contributed by atoms with Crippen molar-refractivity contribution in [1.29, 1.82) is 0 Å². The van der Waals surface area contributed by atoms with Crippen LogP contribution in [-0.4, -0.2) is 29.3 Å². The summed E-state index contributed by atoms with van der Waals surface area (Å²) < 4.78 is 5.54. The first kappa shape index (κ1) is 12.7. The summed E-state index contributed by atoms with van der Waals surface area (Å²) in [5.74, 6) is -1.01. The highest BCUT2D eigenvalue weighted by atomic mass is 16.5. The molecule has 0 radical (unpaired) electrons. The maximum absolute atomic E-state index is 10.9. The number of ether oxygens (including phenoxy) is 1. The molecule has 2 unspecified atom stereocenters. The molecule has 98 valence electrons. The average Bonchev–Trinajstić information content (AvgIpc) is 2.58. The lowest BCUT2D eigenvalue weighted by atomic mass is 9.94. The summed E-state index contributed by atoms with van der Waals surface area (Å²) in [4.78, 5) is 10.9. The summed E-state index contributed by atoms with van der Waals surface area (Å²) in [6, 6.07) is 4.90. The molecule has 0 saturated carbocycles. The van der Waals surface area contributed by atoms with E-state index in [1.54, 1.807) is 12.1 Å². The molecular weight excluding hydrogens is 232 g/mol. The molecule has 2 rings (SSSR count). The van der Waals surface area contributed by atoms with Crippen LogP contribution in [0, 0.1) is 0 Å². The van der Waals surface area contributed by atoms with E-state index in [1.165, 1.54) is 6.07 Å². The van der Waals surface area contributed by atoms with Gasteiger partial charge in [-0.15, -0.1) is 0 Å². The number of benzene rings is 1. The van der Waals surface area contributed by atoms with Crippen molar-refractivity contribution in [1.82, 2.24) is 0 Å². The Morgan fingerprint density at radius 1 is 1.61 bits per heavy atom. The first-order valence-corrected chi connectivity index (χ1v) is 5.95. The second-order valence-electron chi connectivity index (χ2n) is 4.91. The lowest BCUT2D eigenvalue weighted by Gasteiger charge is -2.30. The van der Waals surface area contributed by atoms with Crippen LogP contribution in [0.25, 0.3) is 0 Å². The highest BCUT2D eigenvalue weighted by Gasteiger charge is 2.36. The van der Waals surface area contributed by atoms with Crippen LogP contribution in [-0.2, 0) is 4.74 Å². The third-order valence-electron chi connectivity index (χ3n) is 3.60.